The molecule has 2 aliphatic heterocycles. The highest BCUT2D eigenvalue weighted by atomic mass is 16.5. The molecule has 0 aliphatic carbocycles. The third-order valence-electron chi connectivity index (χ3n) is 5.82. The van der Waals surface area contributed by atoms with Crippen molar-refractivity contribution in [3.8, 4) is 0 Å². The van der Waals surface area contributed by atoms with Gasteiger partial charge in [-0.1, -0.05) is 60.7 Å². The summed E-state index contributed by atoms with van der Waals surface area (Å²) in [6.07, 6.45) is 0.133. The van der Waals surface area contributed by atoms with E-state index < -0.39 is 17.5 Å². The van der Waals surface area contributed by atoms with Crippen molar-refractivity contribution < 1.29 is 19.1 Å². The highest BCUT2D eigenvalue weighted by Gasteiger charge is 2.53. The van der Waals surface area contributed by atoms with E-state index in [1.165, 1.54) is 0 Å². The molecule has 2 heterocycles. The molecule has 0 saturated carbocycles. The lowest BCUT2D eigenvalue weighted by molar-refractivity contribution is -0.146. The lowest BCUT2D eigenvalue weighted by Gasteiger charge is -2.36. The summed E-state index contributed by atoms with van der Waals surface area (Å²) in [5.41, 5.74) is 0.371. The van der Waals surface area contributed by atoms with Crippen molar-refractivity contribution >= 4 is 17.8 Å². The fraction of sp³-hybridized carbons (Fsp3) is 0.375. The second kappa shape index (κ2) is 8.51. The van der Waals surface area contributed by atoms with Crippen molar-refractivity contribution in [1.82, 2.24) is 15.1 Å². The van der Waals surface area contributed by atoms with Crippen LogP contribution in [-0.2, 0) is 26.3 Å². The molecular formula is C24H27N3O4. The Morgan fingerprint density at radius 3 is 2.19 bits per heavy atom. The number of nitrogens with zero attached hydrogens (tertiary/aromatic N) is 2. The van der Waals surface area contributed by atoms with Crippen LogP contribution in [0.25, 0.3) is 0 Å². The first-order valence-electron chi connectivity index (χ1n) is 10.6. The minimum Gasteiger partial charge on any atom is -0.372 e. The fourth-order valence-electron chi connectivity index (χ4n) is 4.43. The van der Waals surface area contributed by atoms with E-state index in [0.717, 1.165) is 10.5 Å². The molecule has 1 N–H and O–H groups in total. The largest absolute Gasteiger partial charge is 0.372 e. The Morgan fingerprint density at radius 2 is 1.58 bits per heavy atom. The number of carbonyl (C=O) groups is 3. The summed E-state index contributed by atoms with van der Waals surface area (Å²) in [6.45, 7) is 4.42. The van der Waals surface area contributed by atoms with Crippen LogP contribution in [0.4, 0.5) is 4.79 Å². The van der Waals surface area contributed by atoms with E-state index in [9.17, 15) is 14.4 Å². The third-order valence-corrected chi connectivity index (χ3v) is 5.82. The Morgan fingerprint density at radius 1 is 1.00 bits per heavy atom. The van der Waals surface area contributed by atoms with Gasteiger partial charge in [0.25, 0.3) is 5.91 Å². The van der Waals surface area contributed by atoms with Crippen LogP contribution < -0.4 is 5.32 Å². The zero-order valence-corrected chi connectivity index (χ0v) is 17.8. The zero-order valence-electron chi connectivity index (χ0n) is 17.8. The summed E-state index contributed by atoms with van der Waals surface area (Å²) >= 11 is 0. The SMILES string of the molecule is CC1CN(C(=O)CN2C(=O)NC(Cc3ccccc3)(c3ccccc3)C2=O)CC(C)O1. The number of hydrogen-bond donors (Lipinski definition) is 1. The molecular weight excluding hydrogens is 394 g/mol. The van der Waals surface area contributed by atoms with Crippen LogP contribution in [0.2, 0.25) is 0 Å². The highest BCUT2D eigenvalue weighted by molar-refractivity contribution is 6.09. The lowest BCUT2D eigenvalue weighted by Crippen LogP contribution is -2.52. The van der Waals surface area contributed by atoms with Crippen LogP contribution in [0.1, 0.15) is 25.0 Å². The molecule has 0 aromatic heterocycles. The van der Waals surface area contributed by atoms with Crippen LogP contribution in [0.15, 0.2) is 60.7 Å². The molecule has 2 aromatic rings. The number of benzene rings is 2. The summed E-state index contributed by atoms with van der Waals surface area (Å²) in [6, 6.07) is 18.2. The van der Waals surface area contributed by atoms with Gasteiger partial charge in [0, 0.05) is 19.5 Å². The third kappa shape index (κ3) is 4.18. The minimum atomic E-state index is -1.24. The number of urea groups is 1. The number of carbonyl (C=O) groups excluding carboxylic acids is 3. The van der Waals surface area contributed by atoms with Gasteiger partial charge in [0.05, 0.1) is 12.2 Å². The van der Waals surface area contributed by atoms with Crippen LogP contribution in [0.3, 0.4) is 0 Å². The van der Waals surface area contributed by atoms with E-state index in [-0.39, 0.29) is 24.7 Å². The molecule has 2 aliphatic rings. The molecule has 2 saturated heterocycles. The topological polar surface area (TPSA) is 79.0 Å². The number of hydrogen-bond acceptors (Lipinski definition) is 4. The first-order valence-corrected chi connectivity index (χ1v) is 10.6. The molecule has 3 atom stereocenters. The molecule has 162 valence electrons. The van der Waals surface area contributed by atoms with Crippen molar-refractivity contribution in [3.63, 3.8) is 0 Å². The van der Waals surface area contributed by atoms with Crippen molar-refractivity contribution in [1.29, 1.82) is 0 Å². The van der Waals surface area contributed by atoms with Crippen molar-refractivity contribution in [3.05, 3.63) is 71.8 Å². The number of ether oxygens (including phenoxy) is 1. The van der Waals surface area contributed by atoms with Crippen molar-refractivity contribution in [2.75, 3.05) is 19.6 Å². The molecule has 31 heavy (non-hydrogen) atoms. The Labute approximate surface area is 182 Å². The molecule has 4 rings (SSSR count). The van der Waals surface area contributed by atoms with E-state index in [4.69, 9.17) is 4.74 Å². The Hall–Kier alpha value is -3.19. The first-order chi connectivity index (χ1) is 14.9. The normalized spacial score (nSPS) is 26.1. The quantitative estimate of drug-likeness (QED) is 0.752. The van der Waals surface area contributed by atoms with E-state index in [0.29, 0.717) is 25.1 Å². The van der Waals surface area contributed by atoms with Crippen LogP contribution in [0.5, 0.6) is 0 Å². The maximum Gasteiger partial charge on any atom is 0.325 e. The van der Waals surface area contributed by atoms with Gasteiger partial charge in [0.2, 0.25) is 5.91 Å². The van der Waals surface area contributed by atoms with E-state index in [1.54, 1.807) is 4.90 Å². The second-order valence-electron chi connectivity index (χ2n) is 8.31. The molecule has 7 heteroatoms. The molecule has 4 amide bonds. The Kier molecular flexibility index (Phi) is 5.78. The number of morpholine rings is 1. The smallest absolute Gasteiger partial charge is 0.325 e. The van der Waals surface area contributed by atoms with Crippen molar-refractivity contribution in [2.24, 2.45) is 0 Å². The maximum absolute atomic E-state index is 13.6. The van der Waals surface area contributed by atoms with Crippen molar-refractivity contribution in [2.45, 2.75) is 38.0 Å². The standard InChI is InChI=1S/C24H27N3O4/c1-17-14-26(15-18(2)31-17)21(28)16-27-22(29)24(25-23(27)30,20-11-7-4-8-12-20)13-19-9-5-3-6-10-19/h3-12,17-18H,13-16H2,1-2H3,(H,25,30). The zero-order chi connectivity index (χ0) is 22.0. The summed E-state index contributed by atoms with van der Waals surface area (Å²) in [7, 11) is 0. The van der Waals surface area contributed by atoms with Crippen LogP contribution in [-0.4, -0.2) is 59.5 Å². The average Bonchev–Trinajstić information content (AvgIpc) is 2.99. The van der Waals surface area contributed by atoms with E-state index in [2.05, 4.69) is 5.32 Å². The van der Waals surface area contributed by atoms with Crippen LogP contribution in [0, 0.1) is 0 Å². The summed E-state index contributed by atoms with van der Waals surface area (Å²) < 4.78 is 5.68. The molecule has 2 fully saturated rings. The molecule has 3 unspecified atom stereocenters. The summed E-state index contributed by atoms with van der Waals surface area (Å²) in [5.74, 6) is -0.663. The van der Waals surface area contributed by atoms with E-state index >= 15 is 0 Å². The van der Waals surface area contributed by atoms with Gasteiger partial charge in [-0.3, -0.25) is 14.5 Å². The second-order valence-corrected chi connectivity index (χ2v) is 8.31. The maximum atomic E-state index is 13.6. The monoisotopic (exact) mass is 421 g/mol. The number of nitrogens with one attached hydrogen (secondary N) is 1. The molecule has 0 spiro atoms. The van der Waals surface area contributed by atoms with Crippen LogP contribution >= 0.6 is 0 Å². The van der Waals surface area contributed by atoms with Gasteiger partial charge in [0.15, 0.2) is 5.54 Å². The van der Waals surface area contributed by atoms with Gasteiger partial charge in [-0.2, -0.15) is 0 Å². The van der Waals surface area contributed by atoms with Gasteiger partial charge >= 0.3 is 6.03 Å². The number of imide groups is 1. The van der Waals surface area contributed by atoms with Gasteiger partial charge in [-0.15, -0.1) is 0 Å². The lowest BCUT2D eigenvalue weighted by atomic mass is 9.83. The number of amides is 4. The van der Waals surface area contributed by atoms with Gasteiger partial charge in [-0.25, -0.2) is 4.79 Å². The van der Waals surface area contributed by atoms with Gasteiger partial charge < -0.3 is 15.0 Å². The molecule has 0 bridgehead atoms. The Balaban J connectivity index is 1.61. The first kappa shape index (κ1) is 21.1. The predicted octanol–water partition coefficient (Wildman–Crippen LogP) is 2.31. The van der Waals surface area contributed by atoms with E-state index in [1.807, 2.05) is 74.5 Å². The summed E-state index contributed by atoms with van der Waals surface area (Å²) in [4.78, 5) is 42.2. The highest BCUT2D eigenvalue weighted by Crippen LogP contribution is 2.33. The molecule has 7 nitrogen and oxygen atoms in total. The average molecular weight is 421 g/mol. The Bertz CT molecular complexity index is 955. The minimum absolute atomic E-state index is 0.0858. The van der Waals surface area contributed by atoms with Gasteiger partial charge in [-0.05, 0) is 25.0 Å². The molecule has 2 aromatic carbocycles. The predicted molar refractivity (Wildman–Crippen MR) is 115 cm³/mol. The fourth-order valence-corrected chi connectivity index (χ4v) is 4.43. The summed E-state index contributed by atoms with van der Waals surface area (Å²) in [5, 5.41) is 2.90. The van der Waals surface area contributed by atoms with Gasteiger partial charge in [0.1, 0.15) is 6.54 Å². The molecule has 0 radical (unpaired) electrons. The number of rotatable bonds is 5.